The van der Waals surface area contributed by atoms with Crippen LogP contribution in [0, 0.1) is 0 Å². The number of hydrogen-bond acceptors (Lipinski definition) is 4. The van der Waals surface area contributed by atoms with Crippen LogP contribution in [0.2, 0.25) is 0 Å². The lowest BCUT2D eigenvalue weighted by Crippen LogP contribution is -2.04. The summed E-state index contributed by atoms with van der Waals surface area (Å²) >= 11 is 3.45. The molecule has 3 aromatic rings. The van der Waals surface area contributed by atoms with Gasteiger partial charge >= 0.3 is 0 Å². The van der Waals surface area contributed by atoms with Gasteiger partial charge < -0.3 is 15.0 Å². The van der Waals surface area contributed by atoms with Crippen molar-refractivity contribution in [1.29, 1.82) is 0 Å². The van der Waals surface area contributed by atoms with E-state index in [4.69, 9.17) is 4.74 Å². The lowest BCUT2D eigenvalue weighted by atomic mass is 10.2. The summed E-state index contributed by atoms with van der Waals surface area (Å²) in [7, 11) is 1.67. The normalized spacial score (nSPS) is 10.7. The molecule has 1 aromatic carbocycles. The van der Waals surface area contributed by atoms with Crippen LogP contribution in [0.1, 0.15) is 5.56 Å². The van der Waals surface area contributed by atoms with E-state index in [1.165, 1.54) is 0 Å². The number of para-hydroxylation sites is 1. The van der Waals surface area contributed by atoms with Gasteiger partial charge in [-0.25, -0.2) is 9.97 Å². The molecule has 0 fully saturated rings. The van der Waals surface area contributed by atoms with Crippen molar-refractivity contribution in [3.63, 3.8) is 0 Å². The van der Waals surface area contributed by atoms with Gasteiger partial charge in [0.25, 0.3) is 0 Å². The van der Waals surface area contributed by atoms with Crippen molar-refractivity contribution in [3.8, 4) is 5.75 Å². The first-order valence-electron chi connectivity index (χ1n) is 6.13. The molecule has 20 heavy (non-hydrogen) atoms. The summed E-state index contributed by atoms with van der Waals surface area (Å²) in [6.45, 7) is 0.632. The summed E-state index contributed by atoms with van der Waals surface area (Å²) < 4.78 is 6.26. The second kappa shape index (κ2) is 5.50. The molecule has 0 aliphatic heterocycles. The number of halogens is 1. The van der Waals surface area contributed by atoms with Gasteiger partial charge in [-0.3, -0.25) is 0 Å². The topological polar surface area (TPSA) is 62.8 Å². The second-order valence-corrected chi connectivity index (χ2v) is 5.10. The Morgan fingerprint density at radius 3 is 3.00 bits per heavy atom. The van der Waals surface area contributed by atoms with E-state index < -0.39 is 0 Å². The van der Waals surface area contributed by atoms with Crippen molar-refractivity contribution in [3.05, 3.63) is 46.8 Å². The largest absolute Gasteiger partial charge is 0.496 e. The highest BCUT2D eigenvalue weighted by molar-refractivity contribution is 9.10. The molecule has 0 saturated heterocycles. The van der Waals surface area contributed by atoms with Crippen LogP contribution in [0.3, 0.4) is 0 Å². The molecular weight excluding hydrogens is 320 g/mol. The van der Waals surface area contributed by atoms with Crippen molar-refractivity contribution in [2.24, 2.45) is 0 Å². The van der Waals surface area contributed by atoms with Crippen LogP contribution in [-0.2, 0) is 6.54 Å². The van der Waals surface area contributed by atoms with E-state index >= 15 is 0 Å². The molecule has 0 aliphatic carbocycles. The van der Waals surface area contributed by atoms with Crippen LogP contribution >= 0.6 is 15.9 Å². The summed E-state index contributed by atoms with van der Waals surface area (Å²) in [5.74, 6) is 1.63. The third kappa shape index (κ3) is 2.34. The molecule has 6 heteroatoms. The van der Waals surface area contributed by atoms with Gasteiger partial charge in [0.05, 0.1) is 11.6 Å². The number of nitrogens with zero attached hydrogens (tertiary/aromatic N) is 2. The van der Waals surface area contributed by atoms with Crippen LogP contribution < -0.4 is 10.1 Å². The fourth-order valence-electron chi connectivity index (χ4n) is 2.07. The van der Waals surface area contributed by atoms with Gasteiger partial charge in [-0.2, -0.15) is 0 Å². The lowest BCUT2D eigenvalue weighted by Gasteiger charge is -2.10. The minimum atomic E-state index is 0.632. The zero-order valence-electron chi connectivity index (χ0n) is 10.9. The Bertz CT molecular complexity index is 741. The smallest absolute Gasteiger partial charge is 0.154 e. The van der Waals surface area contributed by atoms with Gasteiger partial charge in [0.2, 0.25) is 0 Å². The van der Waals surface area contributed by atoms with Gasteiger partial charge in [-0.1, -0.05) is 18.2 Å². The fraction of sp³-hybridized carbons (Fsp3) is 0.143. The first-order valence-corrected chi connectivity index (χ1v) is 6.92. The highest BCUT2D eigenvalue weighted by Gasteiger charge is 2.09. The number of anilines is 1. The van der Waals surface area contributed by atoms with E-state index in [-0.39, 0.29) is 0 Å². The Labute approximate surface area is 124 Å². The molecule has 2 N–H and O–H groups in total. The van der Waals surface area contributed by atoms with E-state index in [0.717, 1.165) is 32.6 Å². The maximum atomic E-state index is 5.34. The molecule has 3 rings (SSSR count). The van der Waals surface area contributed by atoms with Crippen LogP contribution in [0.25, 0.3) is 11.0 Å². The quantitative estimate of drug-likeness (QED) is 0.769. The molecule has 102 valence electrons. The molecule has 0 bridgehead atoms. The lowest BCUT2D eigenvalue weighted by molar-refractivity contribution is 0.410. The van der Waals surface area contributed by atoms with Gasteiger partial charge in [0.1, 0.15) is 23.1 Å². The van der Waals surface area contributed by atoms with Gasteiger partial charge in [-0.15, -0.1) is 0 Å². The number of nitrogens with one attached hydrogen (secondary N) is 2. The third-order valence-electron chi connectivity index (χ3n) is 3.06. The van der Waals surface area contributed by atoms with Crippen molar-refractivity contribution in [2.75, 3.05) is 12.4 Å². The van der Waals surface area contributed by atoms with E-state index in [1.807, 2.05) is 30.5 Å². The number of ether oxygens (including phenoxy) is 1. The molecule has 0 amide bonds. The van der Waals surface area contributed by atoms with Gasteiger partial charge in [0, 0.05) is 18.3 Å². The van der Waals surface area contributed by atoms with Crippen molar-refractivity contribution in [1.82, 2.24) is 15.0 Å². The van der Waals surface area contributed by atoms with Crippen LogP contribution in [0.4, 0.5) is 5.82 Å². The molecule has 0 unspecified atom stereocenters. The Kier molecular flexibility index (Phi) is 3.56. The van der Waals surface area contributed by atoms with E-state index in [0.29, 0.717) is 6.54 Å². The first kappa shape index (κ1) is 12.9. The third-order valence-corrected chi connectivity index (χ3v) is 3.66. The molecule has 2 heterocycles. The first-order chi connectivity index (χ1) is 9.79. The van der Waals surface area contributed by atoms with Crippen molar-refractivity contribution >= 4 is 32.8 Å². The number of rotatable bonds is 4. The average Bonchev–Trinajstić information content (AvgIpc) is 2.88. The standard InChI is InChI=1S/C14H13BrN4O/c1-20-11-5-3-2-4-9(11)6-17-14-13-12(18-8-19-14)10(15)7-16-13/h2-5,7-8,16H,6H2,1H3,(H,17,18,19). The Hall–Kier alpha value is -2.08. The van der Waals surface area contributed by atoms with Gasteiger partial charge in [-0.05, 0) is 22.0 Å². The average molecular weight is 333 g/mol. The molecule has 5 nitrogen and oxygen atoms in total. The molecular formula is C14H13BrN4O. The van der Waals surface area contributed by atoms with Crippen LogP contribution in [0.5, 0.6) is 5.75 Å². The number of benzene rings is 1. The highest BCUT2D eigenvalue weighted by atomic mass is 79.9. The van der Waals surface area contributed by atoms with Crippen molar-refractivity contribution in [2.45, 2.75) is 6.54 Å². The number of H-pyrrole nitrogens is 1. The maximum Gasteiger partial charge on any atom is 0.154 e. The minimum Gasteiger partial charge on any atom is -0.496 e. The number of aromatic amines is 1. The van der Waals surface area contributed by atoms with E-state index in [9.17, 15) is 0 Å². The summed E-state index contributed by atoms with van der Waals surface area (Å²) in [6.07, 6.45) is 3.40. The van der Waals surface area contributed by atoms with Gasteiger partial charge in [0.15, 0.2) is 5.82 Å². The Morgan fingerprint density at radius 1 is 1.30 bits per heavy atom. The predicted molar refractivity (Wildman–Crippen MR) is 81.9 cm³/mol. The summed E-state index contributed by atoms with van der Waals surface area (Å²) in [4.78, 5) is 11.7. The molecule has 0 atom stereocenters. The minimum absolute atomic E-state index is 0.632. The Morgan fingerprint density at radius 2 is 2.15 bits per heavy atom. The zero-order valence-corrected chi connectivity index (χ0v) is 12.4. The molecule has 0 aliphatic rings. The maximum absolute atomic E-state index is 5.34. The fourth-order valence-corrected chi connectivity index (χ4v) is 2.48. The monoisotopic (exact) mass is 332 g/mol. The number of aromatic nitrogens is 3. The molecule has 0 spiro atoms. The van der Waals surface area contributed by atoms with Crippen molar-refractivity contribution < 1.29 is 4.74 Å². The van der Waals surface area contributed by atoms with Crippen LogP contribution in [0.15, 0.2) is 41.3 Å². The molecule has 0 saturated carbocycles. The number of hydrogen-bond donors (Lipinski definition) is 2. The summed E-state index contributed by atoms with van der Waals surface area (Å²) in [5, 5.41) is 3.31. The number of methoxy groups -OCH3 is 1. The van der Waals surface area contributed by atoms with E-state index in [1.54, 1.807) is 13.4 Å². The zero-order chi connectivity index (χ0) is 13.9. The van der Waals surface area contributed by atoms with Crippen LogP contribution in [-0.4, -0.2) is 22.1 Å². The Balaban J connectivity index is 1.87. The summed E-state index contributed by atoms with van der Waals surface area (Å²) in [5.41, 5.74) is 2.82. The number of fused-ring (bicyclic) bond motifs is 1. The molecule has 2 aromatic heterocycles. The summed E-state index contributed by atoms with van der Waals surface area (Å²) in [6, 6.07) is 7.90. The predicted octanol–water partition coefficient (Wildman–Crippen LogP) is 3.34. The highest BCUT2D eigenvalue weighted by Crippen LogP contribution is 2.26. The molecule has 0 radical (unpaired) electrons. The van der Waals surface area contributed by atoms with E-state index in [2.05, 4.69) is 36.2 Å². The SMILES string of the molecule is COc1ccccc1CNc1ncnc2c(Br)c[nH]c12. The second-order valence-electron chi connectivity index (χ2n) is 4.25.